The maximum Gasteiger partial charge on any atom is 0.133 e. The molecular formula is C16H12Cl2N4. The number of benzene rings is 1. The average Bonchev–Trinajstić information content (AvgIpc) is 3.11. The summed E-state index contributed by atoms with van der Waals surface area (Å²) in [5.41, 5.74) is 3.74. The van der Waals surface area contributed by atoms with Crippen LogP contribution in [0.1, 0.15) is 5.56 Å². The molecule has 1 aliphatic rings. The van der Waals surface area contributed by atoms with Crippen molar-refractivity contribution in [3.8, 4) is 17.1 Å². The van der Waals surface area contributed by atoms with Gasteiger partial charge in [-0.15, -0.1) is 0 Å². The summed E-state index contributed by atoms with van der Waals surface area (Å²) in [5, 5.41) is 9.28. The van der Waals surface area contributed by atoms with Crippen LogP contribution in [0.15, 0.2) is 42.6 Å². The van der Waals surface area contributed by atoms with Gasteiger partial charge in [-0.2, -0.15) is 5.10 Å². The van der Waals surface area contributed by atoms with E-state index in [1.165, 1.54) is 5.56 Å². The molecule has 3 aromatic rings. The van der Waals surface area contributed by atoms with Gasteiger partial charge in [0.05, 0.1) is 16.4 Å². The van der Waals surface area contributed by atoms with E-state index in [1.54, 1.807) is 12.3 Å². The molecular weight excluding hydrogens is 319 g/mol. The largest absolute Gasteiger partial charge is 0.369 e. The predicted octanol–water partition coefficient (Wildman–Crippen LogP) is 4.21. The molecule has 6 heteroatoms. The summed E-state index contributed by atoms with van der Waals surface area (Å²) in [6, 6.07) is 11.2. The molecule has 4 rings (SSSR count). The fraction of sp³-hybridized carbons (Fsp3) is 0.125. The maximum absolute atomic E-state index is 6.33. The van der Waals surface area contributed by atoms with Gasteiger partial charge in [-0.3, -0.25) is 4.98 Å². The van der Waals surface area contributed by atoms with Crippen LogP contribution in [-0.2, 0) is 6.42 Å². The molecule has 22 heavy (non-hydrogen) atoms. The minimum Gasteiger partial charge on any atom is -0.369 e. The van der Waals surface area contributed by atoms with Crippen molar-refractivity contribution in [3.63, 3.8) is 0 Å². The molecule has 3 heterocycles. The van der Waals surface area contributed by atoms with Crippen molar-refractivity contribution in [2.24, 2.45) is 0 Å². The Hall–Kier alpha value is -2.04. The van der Waals surface area contributed by atoms with Crippen molar-refractivity contribution in [1.82, 2.24) is 14.8 Å². The lowest BCUT2D eigenvalue weighted by Gasteiger charge is -2.08. The minimum absolute atomic E-state index is 0.569. The van der Waals surface area contributed by atoms with Crippen LogP contribution in [0.2, 0.25) is 10.0 Å². The van der Waals surface area contributed by atoms with E-state index in [0.717, 1.165) is 35.9 Å². The molecule has 0 atom stereocenters. The van der Waals surface area contributed by atoms with Crippen molar-refractivity contribution in [3.05, 3.63) is 58.2 Å². The summed E-state index contributed by atoms with van der Waals surface area (Å²) >= 11 is 12.3. The van der Waals surface area contributed by atoms with E-state index in [9.17, 15) is 0 Å². The van der Waals surface area contributed by atoms with Crippen molar-refractivity contribution in [1.29, 1.82) is 0 Å². The van der Waals surface area contributed by atoms with Crippen LogP contribution >= 0.6 is 23.2 Å². The second-order valence-corrected chi connectivity index (χ2v) is 5.92. The quantitative estimate of drug-likeness (QED) is 0.765. The SMILES string of the molecule is Clc1ccc(-n2nc(-c3ccccn3)c3c2NCC3)c(Cl)c1. The summed E-state index contributed by atoms with van der Waals surface area (Å²) in [4.78, 5) is 4.41. The zero-order chi connectivity index (χ0) is 15.1. The second-order valence-electron chi connectivity index (χ2n) is 5.08. The number of fused-ring (bicyclic) bond motifs is 1. The fourth-order valence-corrected chi connectivity index (χ4v) is 3.20. The molecule has 1 aliphatic heterocycles. The van der Waals surface area contributed by atoms with Gasteiger partial charge in [0.15, 0.2) is 0 Å². The van der Waals surface area contributed by atoms with Gasteiger partial charge >= 0.3 is 0 Å². The lowest BCUT2D eigenvalue weighted by molar-refractivity contribution is 0.880. The summed E-state index contributed by atoms with van der Waals surface area (Å²) in [5.74, 6) is 0.977. The zero-order valence-electron chi connectivity index (χ0n) is 11.6. The Morgan fingerprint density at radius 2 is 2.05 bits per heavy atom. The molecule has 0 amide bonds. The molecule has 0 radical (unpaired) electrons. The van der Waals surface area contributed by atoms with E-state index in [-0.39, 0.29) is 0 Å². The standard InChI is InChI=1S/C16H12Cl2N4/c17-10-4-5-14(12(18)9-10)22-16-11(6-8-20-16)15(21-22)13-3-1-2-7-19-13/h1-5,7,9,20H,6,8H2. The van der Waals surface area contributed by atoms with Gasteiger partial charge in [0.1, 0.15) is 11.5 Å². The fourth-order valence-electron chi connectivity index (χ4n) is 2.71. The molecule has 2 aromatic heterocycles. The Labute approximate surface area is 137 Å². The van der Waals surface area contributed by atoms with Gasteiger partial charge in [0.2, 0.25) is 0 Å². The van der Waals surface area contributed by atoms with E-state index in [4.69, 9.17) is 28.3 Å². The van der Waals surface area contributed by atoms with Crippen LogP contribution in [-0.4, -0.2) is 21.3 Å². The van der Waals surface area contributed by atoms with E-state index in [0.29, 0.717) is 10.0 Å². The Morgan fingerprint density at radius 1 is 1.14 bits per heavy atom. The molecule has 0 aliphatic carbocycles. The first-order valence-electron chi connectivity index (χ1n) is 6.96. The van der Waals surface area contributed by atoms with Crippen molar-refractivity contribution in [2.75, 3.05) is 11.9 Å². The Kier molecular flexibility index (Phi) is 3.28. The average molecular weight is 331 g/mol. The molecule has 4 nitrogen and oxygen atoms in total. The third kappa shape index (κ3) is 2.16. The highest BCUT2D eigenvalue weighted by atomic mass is 35.5. The Bertz CT molecular complexity index is 843. The van der Waals surface area contributed by atoms with Gasteiger partial charge in [0, 0.05) is 23.3 Å². The third-order valence-corrected chi connectivity index (χ3v) is 4.23. The van der Waals surface area contributed by atoms with Crippen molar-refractivity contribution >= 4 is 29.0 Å². The van der Waals surface area contributed by atoms with Crippen LogP contribution in [0.25, 0.3) is 17.1 Å². The Morgan fingerprint density at radius 3 is 2.82 bits per heavy atom. The first-order valence-corrected chi connectivity index (χ1v) is 7.72. The maximum atomic E-state index is 6.33. The summed E-state index contributed by atoms with van der Waals surface area (Å²) in [7, 11) is 0. The number of hydrogen-bond donors (Lipinski definition) is 1. The van der Waals surface area contributed by atoms with E-state index < -0.39 is 0 Å². The lowest BCUT2D eigenvalue weighted by Crippen LogP contribution is -2.05. The highest BCUT2D eigenvalue weighted by molar-refractivity contribution is 6.35. The van der Waals surface area contributed by atoms with Crippen molar-refractivity contribution < 1.29 is 0 Å². The van der Waals surface area contributed by atoms with Gasteiger partial charge < -0.3 is 5.32 Å². The number of rotatable bonds is 2. The first kappa shape index (κ1) is 13.6. The second kappa shape index (κ2) is 5.30. The van der Waals surface area contributed by atoms with Crippen LogP contribution in [0.3, 0.4) is 0 Å². The summed E-state index contributed by atoms with van der Waals surface area (Å²) in [6.45, 7) is 0.887. The molecule has 1 N–H and O–H groups in total. The minimum atomic E-state index is 0.569. The van der Waals surface area contributed by atoms with Crippen LogP contribution in [0.5, 0.6) is 0 Å². The monoisotopic (exact) mass is 330 g/mol. The number of aromatic nitrogens is 3. The van der Waals surface area contributed by atoms with Crippen LogP contribution in [0.4, 0.5) is 5.82 Å². The van der Waals surface area contributed by atoms with Crippen molar-refractivity contribution in [2.45, 2.75) is 6.42 Å². The number of anilines is 1. The number of nitrogens with one attached hydrogen (secondary N) is 1. The molecule has 0 bridgehead atoms. The highest BCUT2D eigenvalue weighted by Crippen LogP contribution is 2.35. The van der Waals surface area contributed by atoms with Gasteiger partial charge in [-0.1, -0.05) is 29.3 Å². The normalized spacial score (nSPS) is 13.0. The topological polar surface area (TPSA) is 42.7 Å². The smallest absolute Gasteiger partial charge is 0.133 e. The summed E-state index contributed by atoms with van der Waals surface area (Å²) in [6.07, 6.45) is 2.70. The van der Waals surface area contributed by atoms with Gasteiger partial charge in [0.25, 0.3) is 0 Å². The lowest BCUT2D eigenvalue weighted by atomic mass is 10.1. The number of halogens is 2. The molecule has 0 saturated heterocycles. The molecule has 0 unspecified atom stereocenters. The number of hydrogen-bond acceptors (Lipinski definition) is 3. The van der Waals surface area contributed by atoms with Crippen LogP contribution in [0, 0.1) is 0 Å². The van der Waals surface area contributed by atoms with E-state index in [1.807, 2.05) is 35.0 Å². The highest BCUT2D eigenvalue weighted by Gasteiger charge is 2.25. The molecule has 0 spiro atoms. The summed E-state index contributed by atoms with van der Waals surface area (Å²) < 4.78 is 1.84. The molecule has 110 valence electrons. The molecule has 0 saturated carbocycles. The number of pyridine rings is 1. The Balaban J connectivity index is 1.92. The third-order valence-electron chi connectivity index (χ3n) is 3.70. The zero-order valence-corrected chi connectivity index (χ0v) is 13.1. The van der Waals surface area contributed by atoms with Gasteiger partial charge in [-0.05, 0) is 36.8 Å². The predicted molar refractivity (Wildman–Crippen MR) is 89.0 cm³/mol. The van der Waals surface area contributed by atoms with Crippen LogP contribution < -0.4 is 5.32 Å². The molecule has 1 aromatic carbocycles. The number of nitrogens with zero attached hydrogens (tertiary/aromatic N) is 3. The van der Waals surface area contributed by atoms with E-state index in [2.05, 4.69) is 10.3 Å². The van der Waals surface area contributed by atoms with Gasteiger partial charge in [-0.25, -0.2) is 4.68 Å². The molecule has 0 fully saturated rings. The first-order chi connectivity index (χ1) is 10.7. The van der Waals surface area contributed by atoms with E-state index >= 15 is 0 Å².